The molecule has 0 spiro atoms. The Bertz CT molecular complexity index is 1050. The van der Waals surface area contributed by atoms with Crippen molar-refractivity contribution in [3.63, 3.8) is 0 Å². The van der Waals surface area contributed by atoms with E-state index >= 15 is 0 Å². The number of hydrogen-bond donors (Lipinski definition) is 1. The summed E-state index contributed by atoms with van der Waals surface area (Å²) in [6.07, 6.45) is 1.67. The van der Waals surface area contributed by atoms with Crippen LogP contribution in [-0.2, 0) is 6.54 Å². The van der Waals surface area contributed by atoms with Gasteiger partial charge in [0.25, 0.3) is 5.91 Å². The third-order valence-electron chi connectivity index (χ3n) is 6.45. The number of carbonyl (C=O) groups is 2. The molecule has 1 N–H and O–H groups in total. The minimum Gasteiger partial charge on any atom is -0.467 e. The molecule has 1 aromatic carbocycles. The van der Waals surface area contributed by atoms with Crippen LogP contribution in [0, 0.1) is 13.8 Å². The number of piperazine rings is 1. The van der Waals surface area contributed by atoms with Crippen LogP contribution in [0.3, 0.4) is 0 Å². The van der Waals surface area contributed by atoms with E-state index in [1.54, 1.807) is 6.26 Å². The van der Waals surface area contributed by atoms with Gasteiger partial charge in [-0.25, -0.2) is 0 Å². The molecule has 1 aliphatic rings. The molecule has 3 heterocycles. The van der Waals surface area contributed by atoms with Crippen LogP contribution >= 0.6 is 0 Å². The fraction of sp³-hybridized carbons (Fsp3) is 0.360. The second-order valence-electron chi connectivity index (χ2n) is 8.35. The van der Waals surface area contributed by atoms with Crippen LogP contribution in [-0.4, -0.2) is 53.4 Å². The molecule has 0 bridgehead atoms. The monoisotopic (exact) mass is 420 g/mol. The lowest BCUT2D eigenvalue weighted by Crippen LogP contribution is -3.18. The number of quaternary nitrogens is 1. The van der Waals surface area contributed by atoms with Gasteiger partial charge in [0, 0.05) is 22.5 Å². The third-order valence-corrected chi connectivity index (χ3v) is 6.45. The molecule has 2 aromatic heterocycles. The predicted molar refractivity (Wildman–Crippen MR) is 119 cm³/mol. The Morgan fingerprint density at radius 3 is 2.42 bits per heavy atom. The summed E-state index contributed by atoms with van der Waals surface area (Å²) in [5.74, 6) is 1.11. The van der Waals surface area contributed by atoms with Crippen molar-refractivity contribution in [2.45, 2.75) is 33.4 Å². The number of aromatic nitrogens is 1. The molecule has 3 aromatic rings. The number of benzene rings is 1. The van der Waals surface area contributed by atoms with Crippen LogP contribution in [0.25, 0.3) is 0 Å². The van der Waals surface area contributed by atoms with E-state index in [9.17, 15) is 9.59 Å². The smallest absolute Gasteiger partial charge is 0.254 e. The lowest BCUT2D eigenvalue weighted by atomic mass is 10.0. The Hall–Kier alpha value is -3.12. The largest absolute Gasteiger partial charge is 0.467 e. The molecule has 6 heteroatoms. The first-order valence-electron chi connectivity index (χ1n) is 10.9. The first-order valence-corrected chi connectivity index (χ1v) is 10.9. The lowest BCUT2D eigenvalue weighted by Gasteiger charge is -2.35. The van der Waals surface area contributed by atoms with Crippen molar-refractivity contribution < 1.29 is 18.9 Å². The zero-order valence-electron chi connectivity index (χ0n) is 18.4. The topological polar surface area (TPSA) is 59.9 Å². The number of ketones is 1. The maximum Gasteiger partial charge on any atom is 0.254 e. The summed E-state index contributed by atoms with van der Waals surface area (Å²) in [5.41, 5.74) is 3.53. The second kappa shape index (κ2) is 8.94. The minimum absolute atomic E-state index is 0.0695. The summed E-state index contributed by atoms with van der Waals surface area (Å²) in [6, 6.07) is 15.1. The van der Waals surface area contributed by atoms with Crippen molar-refractivity contribution in [3.8, 4) is 0 Å². The number of Topliss-reactive ketones (excluding diaryl/α,β-unsaturated/α-hetero) is 1. The number of amides is 1. The van der Waals surface area contributed by atoms with Crippen LogP contribution in [0.4, 0.5) is 0 Å². The lowest BCUT2D eigenvalue weighted by molar-refractivity contribution is -0.917. The highest BCUT2D eigenvalue weighted by Gasteiger charge is 2.33. The molecule has 4 rings (SSSR count). The van der Waals surface area contributed by atoms with Crippen molar-refractivity contribution in [2.75, 3.05) is 26.2 Å². The molecule has 0 radical (unpaired) electrons. The van der Waals surface area contributed by atoms with Crippen molar-refractivity contribution in [1.82, 2.24) is 9.47 Å². The molecule has 162 valence electrons. The highest BCUT2D eigenvalue weighted by Crippen LogP contribution is 2.19. The molecule has 6 nitrogen and oxygen atoms in total. The van der Waals surface area contributed by atoms with E-state index in [1.165, 1.54) is 4.90 Å². The number of nitrogens with one attached hydrogen (secondary N) is 1. The van der Waals surface area contributed by atoms with Crippen LogP contribution < -0.4 is 4.90 Å². The number of hydrogen-bond acceptors (Lipinski definition) is 3. The zero-order valence-corrected chi connectivity index (χ0v) is 18.4. The first kappa shape index (κ1) is 21.1. The summed E-state index contributed by atoms with van der Waals surface area (Å²) < 4.78 is 7.61. The van der Waals surface area contributed by atoms with Gasteiger partial charge in [-0.1, -0.05) is 18.2 Å². The van der Waals surface area contributed by atoms with E-state index in [-0.39, 0.29) is 17.7 Å². The maximum absolute atomic E-state index is 13.3. The number of carbonyl (C=O) groups excluding carboxylic acids is 2. The van der Waals surface area contributed by atoms with Crippen molar-refractivity contribution >= 4 is 11.7 Å². The number of aryl methyl sites for hydroxylation is 1. The van der Waals surface area contributed by atoms with Crippen molar-refractivity contribution in [1.29, 1.82) is 0 Å². The van der Waals surface area contributed by atoms with E-state index in [4.69, 9.17) is 4.42 Å². The van der Waals surface area contributed by atoms with Crippen LogP contribution in [0.5, 0.6) is 0 Å². The van der Waals surface area contributed by atoms with E-state index in [0.717, 1.165) is 41.4 Å². The number of furan rings is 1. The highest BCUT2D eigenvalue weighted by molar-refractivity contribution is 6.00. The number of nitrogens with zero attached hydrogens (tertiary/aromatic N) is 2. The quantitative estimate of drug-likeness (QED) is 0.623. The van der Waals surface area contributed by atoms with E-state index in [0.29, 0.717) is 19.6 Å². The molecule has 0 saturated carbocycles. The molecule has 31 heavy (non-hydrogen) atoms. The Kier molecular flexibility index (Phi) is 6.09. The van der Waals surface area contributed by atoms with Crippen molar-refractivity contribution in [2.24, 2.45) is 0 Å². The van der Waals surface area contributed by atoms with Gasteiger partial charge >= 0.3 is 0 Å². The van der Waals surface area contributed by atoms with Gasteiger partial charge in [0.15, 0.2) is 0 Å². The summed E-state index contributed by atoms with van der Waals surface area (Å²) in [7, 11) is 0. The van der Waals surface area contributed by atoms with E-state index in [2.05, 4.69) is 4.57 Å². The van der Waals surface area contributed by atoms with Gasteiger partial charge in [-0.15, -0.1) is 0 Å². The Morgan fingerprint density at radius 1 is 1.06 bits per heavy atom. The standard InChI is InChI=1S/C25H29N3O3/c1-18-16-23(19(2)28(18)17-22-10-7-15-31-22)24(29)20(3)26-11-13-27(14-12-26)25(30)21-8-5-4-6-9-21/h4-10,15-16,20H,11-14,17H2,1-3H3/p+1/t20-/m1/s1. The predicted octanol–water partition coefficient (Wildman–Crippen LogP) is 2.36. The summed E-state index contributed by atoms with van der Waals surface area (Å²) in [6.45, 7) is 9.54. The van der Waals surface area contributed by atoms with Gasteiger partial charge in [-0.05, 0) is 51.1 Å². The molecule has 1 aliphatic heterocycles. The SMILES string of the molecule is Cc1cc(C(=O)[C@@H](C)[NH+]2CCN(C(=O)c3ccccc3)CC2)c(C)n1Cc1ccco1. The van der Waals surface area contributed by atoms with Gasteiger partial charge < -0.3 is 18.8 Å². The average Bonchev–Trinajstić information content (AvgIpc) is 3.42. The second-order valence-corrected chi connectivity index (χ2v) is 8.35. The summed E-state index contributed by atoms with van der Waals surface area (Å²) in [5, 5.41) is 0. The van der Waals surface area contributed by atoms with Gasteiger partial charge in [-0.3, -0.25) is 9.59 Å². The Morgan fingerprint density at radius 2 is 1.77 bits per heavy atom. The minimum atomic E-state index is -0.147. The average molecular weight is 421 g/mol. The zero-order chi connectivity index (χ0) is 22.0. The molecule has 1 atom stereocenters. The molecule has 0 aliphatic carbocycles. The normalized spacial score (nSPS) is 15.8. The molecule has 1 saturated heterocycles. The van der Waals surface area contributed by atoms with Crippen molar-refractivity contribution in [3.05, 3.63) is 83.1 Å². The van der Waals surface area contributed by atoms with E-state index in [1.807, 2.05) is 74.2 Å². The number of rotatable bonds is 6. The molecule has 1 fully saturated rings. The van der Waals surface area contributed by atoms with Gasteiger partial charge in [-0.2, -0.15) is 0 Å². The van der Waals surface area contributed by atoms with Gasteiger partial charge in [0.1, 0.15) is 11.8 Å². The Labute approximate surface area is 183 Å². The summed E-state index contributed by atoms with van der Waals surface area (Å²) >= 11 is 0. The fourth-order valence-corrected chi connectivity index (χ4v) is 4.46. The molecule has 0 unspecified atom stereocenters. The highest BCUT2D eigenvalue weighted by atomic mass is 16.3. The van der Waals surface area contributed by atoms with Crippen LogP contribution in [0.15, 0.2) is 59.2 Å². The van der Waals surface area contributed by atoms with Gasteiger partial charge in [0.05, 0.1) is 39.0 Å². The third kappa shape index (κ3) is 4.35. The Balaban J connectivity index is 1.41. The van der Waals surface area contributed by atoms with E-state index < -0.39 is 0 Å². The summed E-state index contributed by atoms with van der Waals surface area (Å²) in [4.78, 5) is 29.1. The maximum atomic E-state index is 13.3. The van der Waals surface area contributed by atoms with Crippen LogP contribution in [0.1, 0.15) is 44.8 Å². The van der Waals surface area contributed by atoms with Gasteiger partial charge in [0.2, 0.25) is 5.78 Å². The molecular formula is C25H30N3O3+. The fourth-order valence-electron chi connectivity index (χ4n) is 4.46. The molecule has 1 amide bonds. The van der Waals surface area contributed by atoms with Crippen LogP contribution in [0.2, 0.25) is 0 Å². The molecular weight excluding hydrogens is 390 g/mol. The first-order chi connectivity index (χ1) is 15.0.